The van der Waals surface area contributed by atoms with E-state index in [1.807, 2.05) is 13.8 Å². The molecule has 116 valence electrons. The fourth-order valence-corrected chi connectivity index (χ4v) is 2.40. The maximum Gasteiger partial charge on any atom is 0.317 e. The van der Waals surface area contributed by atoms with Gasteiger partial charge in [-0.15, -0.1) is 0 Å². The molecule has 0 aliphatic carbocycles. The zero-order valence-electron chi connectivity index (χ0n) is 12.5. The van der Waals surface area contributed by atoms with Crippen molar-refractivity contribution < 1.29 is 13.9 Å². The number of carbonyl (C=O) groups is 1. The van der Waals surface area contributed by atoms with Crippen molar-refractivity contribution in [2.45, 2.75) is 19.9 Å². The number of benzene rings is 1. The second-order valence-electron chi connectivity index (χ2n) is 5.03. The van der Waals surface area contributed by atoms with Crippen LogP contribution in [0.5, 0.6) is 5.75 Å². The molecule has 5 nitrogen and oxygen atoms in total. The smallest absolute Gasteiger partial charge is 0.317 e. The summed E-state index contributed by atoms with van der Waals surface area (Å²) in [6.45, 7) is 7.07. The Kier molecular flexibility index (Phi) is 5.38. The molecule has 1 fully saturated rings. The molecular formula is C15H22FN3O2. The summed E-state index contributed by atoms with van der Waals surface area (Å²) in [4.78, 5) is 13.1. The van der Waals surface area contributed by atoms with Crippen LogP contribution >= 0.6 is 0 Å². The van der Waals surface area contributed by atoms with E-state index in [0.29, 0.717) is 32.0 Å². The number of nitrogens with zero attached hydrogens (tertiary/aromatic N) is 1. The Morgan fingerprint density at radius 1 is 1.52 bits per heavy atom. The van der Waals surface area contributed by atoms with E-state index in [9.17, 15) is 9.18 Å². The lowest BCUT2D eigenvalue weighted by molar-refractivity contribution is 0.202. The first-order valence-corrected chi connectivity index (χ1v) is 7.30. The van der Waals surface area contributed by atoms with Gasteiger partial charge < -0.3 is 20.3 Å². The van der Waals surface area contributed by atoms with Gasteiger partial charge in [-0.2, -0.15) is 0 Å². The number of urea groups is 1. The molecule has 2 amide bonds. The molecule has 21 heavy (non-hydrogen) atoms. The summed E-state index contributed by atoms with van der Waals surface area (Å²) in [5, 5.41) is 5.99. The summed E-state index contributed by atoms with van der Waals surface area (Å²) in [5.74, 6) is 0.380. The first kappa shape index (κ1) is 15.6. The Hall–Kier alpha value is -1.82. The van der Waals surface area contributed by atoms with Crippen LogP contribution in [-0.4, -0.2) is 43.7 Å². The predicted octanol–water partition coefficient (Wildman–Crippen LogP) is 1.90. The lowest BCUT2D eigenvalue weighted by atomic mass is 10.1. The first-order chi connectivity index (χ1) is 10.1. The van der Waals surface area contributed by atoms with E-state index in [4.69, 9.17) is 4.74 Å². The van der Waals surface area contributed by atoms with Gasteiger partial charge in [-0.25, -0.2) is 9.18 Å². The fraction of sp³-hybridized carbons (Fsp3) is 0.533. The number of ether oxygens (including phenoxy) is 1. The highest BCUT2D eigenvalue weighted by molar-refractivity contribution is 5.76. The van der Waals surface area contributed by atoms with E-state index >= 15 is 0 Å². The summed E-state index contributed by atoms with van der Waals surface area (Å²) in [6.07, 6.45) is 0. The normalized spacial score (nSPS) is 16.0. The van der Waals surface area contributed by atoms with Crippen LogP contribution in [0.4, 0.5) is 9.18 Å². The van der Waals surface area contributed by atoms with Gasteiger partial charge in [-0.05, 0) is 31.7 Å². The molecule has 1 atom stereocenters. The lowest BCUT2D eigenvalue weighted by Gasteiger charge is -2.19. The SMILES string of the molecule is CCNC(C)c1cc(F)ccc1OCCN1CCNC1=O. The summed E-state index contributed by atoms with van der Waals surface area (Å²) in [5.41, 5.74) is 0.794. The van der Waals surface area contributed by atoms with Crippen LogP contribution in [0.1, 0.15) is 25.5 Å². The van der Waals surface area contributed by atoms with Crippen molar-refractivity contribution in [3.05, 3.63) is 29.6 Å². The summed E-state index contributed by atoms with van der Waals surface area (Å²) >= 11 is 0. The number of halogens is 1. The fourth-order valence-electron chi connectivity index (χ4n) is 2.40. The Morgan fingerprint density at radius 3 is 3.00 bits per heavy atom. The largest absolute Gasteiger partial charge is 0.491 e. The van der Waals surface area contributed by atoms with Gasteiger partial charge in [-0.1, -0.05) is 6.92 Å². The molecule has 2 N–H and O–H groups in total. The van der Waals surface area contributed by atoms with Crippen LogP contribution in [0.3, 0.4) is 0 Å². The maximum absolute atomic E-state index is 13.4. The molecule has 1 aromatic carbocycles. The first-order valence-electron chi connectivity index (χ1n) is 7.30. The minimum Gasteiger partial charge on any atom is -0.491 e. The van der Waals surface area contributed by atoms with Crippen LogP contribution in [0.25, 0.3) is 0 Å². The molecule has 1 aromatic rings. The van der Waals surface area contributed by atoms with Crippen molar-refractivity contribution in [3.8, 4) is 5.75 Å². The summed E-state index contributed by atoms with van der Waals surface area (Å²) in [6, 6.07) is 4.48. The molecule has 1 aliphatic heterocycles. The minimum atomic E-state index is -0.277. The number of rotatable bonds is 7. The van der Waals surface area contributed by atoms with Crippen LogP contribution in [-0.2, 0) is 0 Å². The van der Waals surface area contributed by atoms with Gasteiger partial charge in [0.2, 0.25) is 0 Å². The monoisotopic (exact) mass is 295 g/mol. The zero-order chi connectivity index (χ0) is 15.2. The molecule has 1 unspecified atom stereocenters. The number of hydrogen-bond acceptors (Lipinski definition) is 3. The van der Waals surface area contributed by atoms with Gasteiger partial charge in [0.15, 0.2) is 0 Å². The highest BCUT2D eigenvalue weighted by atomic mass is 19.1. The highest BCUT2D eigenvalue weighted by Gasteiger charge is 2.19. The van der Waals surface area contributed by atoms with Crippen LogP contribution in [0.15, 0.2) is 18.2 Å². The molecule has 0 saturated carbocycles. The topological polar surface area (TPSA) is 53.6 Å². The van der Waals surface area contributed by atoms with Gasteiger partial charge in [0.25, 0.3) is 0 Å². The van der Waals surface area contributed by atoms with Crippen molar-refractivity contribution >= 4 is 6.03 Å². The Morgan fingerprint density at radius 2 is 2.33 bits per heavy atom. The number of carbonyl (C=O) groups excluding carboxylic acids is 1. The average molecular weight is 295 g/mol. The molecule has 1 saturated heterocycles. The van der Waals surface area contributed by atoms with Gasteiger partial charge >= 0.3 is 6.03 Å². The molecular weight excluding hydrogens is 273 g/mol. The number of nitrogens with one attached hydrogen (secondary N) is 2. The molecule has 0 aromatic heterocycles. The Labute approximate surface area is 124 Å². The Balaban J connectivity index is 1.96. The predicted molar refractivity (Wildman–Crippen MR) is 79.0 cm³/mol. The second kappa shape index (κ2) is 7.26. The van der Waals surface area contributed by atoms with Crippen molar-refractivity contribution in [3.63, 3.8) is 0 Å². The second-order valence-corrected chi connectivity index (χ2v) is 5.03. The molecule has 6 heteroatoms. The lowest BCUT2D eigenvalue weighted by Crippen LogP contribution is -2.32. The molecule has 0 radical (unpaired) electrons. The third-order valence-corrected chi connectivity index (χ3v) is 3.51. The van der Waals surface area contributed by atoms with Crippen molar-refractivity contribution in [2.24, 2.45) is 0 Å². The third-order valence-electron chi connectivity index (χ3n) is 3.51. The average Bonchev–Trinajstić information content (AvgIpc) is 2.86. The van der Waals surface area contributed by atoms with Gasteiger partial charge in [0, 0.05) is 24.7 Å². The number of hydrogen-bond donors (Lipinski definition) is 2. The van der Waals surface area contributed by atoms with Gasteiger partial charge in [-0.3, -0.25) is 0 Å². The quantitative estimate of drug-likeness (QED) is 0.808. The van der Waals surface area contributed by atoms with E-state index in [2.05, 4.69) is 10.6 Å². The molecule has 1 heterocycles. The summed E-state index contributed by atoms with van der Waals surface area (Å²) in [7, 11) is 0. The zero-order valence-corrected chi connectivity index (χ0v) is 12.5. The van der Waals surface area contributed by atoms with E-state index in [-0.39, 0.29) is 17.9 Å². The molecule has 1 aliphatic rings. The number of amides is 2. The van der Waals surface area contributed by atoms with E-state index in [0.717, 1.165) is 12.1 Å². The third kappa shape index (κ3) is 4.07. The van der Waals surface area contributed by atoms with Crippen LogP contribution in [0.2, 0.25) is 0 Å². The molecule has 0 spiro atoms. The molecule has 2 rings (SSSR count). The van der Waals surface area contributed by atoms with Crippen LogP contribution < -0.4 is 15.4 Å². The standard InChI is InChI=1S/C15H22FN3O2/c1-3-17-11(2)13-10-12(16)4-5-14(13)21-9-8-19-7-6-18-15(19)20/h4-5,10-11,17H,3,6-9H2,1-2H3,(H,18,20). The van der Waals surface area contributed by atoms with Crippen molar-refractivity contribution in [1.82, 2.24) is 15.5 Å². The Bertz CT molecular complexity index is 496. The van der Waals surface area contributed by atoms with Gasteiger partial charge in [0.1, 0.15) is 18.2 Å². The highest BCUT2D eigenvalue weighted by Crippen LogP contribution is 2.26. The maximum atomic E-state index is 13.4. The van der Waals surface area contributed by atoms with E-state index < -0.39 is 0 Å². The summed E-state index contributed by atoms with van der Waals surface area (Å²) < 4.78 is 19.2. The molecule has 0 bridgehead atoms. The van der Waals surface area contributed by atoms with Crippen molar-refractivity contribution in [2.75, 3.05) is 32.8 Å². The van der Waals surface area contributed by atoms with Crippen LogP contribution in [0, 0.1) is 5.82 Å². The van der Waals surface area contributed by atoms with Crippen molar-refractivity contribution in [1.29, 1.82) is 0 Å². The van der Waals surface area contributed by atoms with Gasteiger partial charge in [0.05, 0.1) is 6.54 Å². The van der Waals surface area contributed by atoms with E-state index in [1.165, 1.54) is 12.1 Å². The van der Waals surface area contributed by atoms with E-state index in [1.54, 1.807) is 11.0 Å². The minimum absolute atomic E-state index is 0.00999.